The number of amides is 2. The van der Waals surface area contributed by atoms with Gasteiger partial charge in [0, 0.05) is 16.8 Å². The Kier molecular flexibility index (Phi) is 8.92. The first-order chi connectivity index (χ1) is 18.8. The Bertz CT molecular complexity index is 1530. The zero-order valence-electron chi connectivity index (χ0n) is 21.0. The quantitative estimate of drug-likeness (QED) is 0.302. The lowest BCUT2D eigenvalue weighted by Gasteiger charge is -2.30. The van der Waals surface area contributed by atoms with Crippen LogP contribution in [0.25, 0.3) is 0 Å². The Hall–Kier alpha value is -4.26. The standard InChI is InChI=1S/C29H24ClFN4O3S/c1-17-26(28(37)35-23-13-7-8-14-24(23)38-2)27(18-9-3-5-11-21(18)31)19(15-32)29(33-17)39-16-25(36)34-22-12-6-4-10-20(22)30/h3-14,27,33H,16H2,1-2H3,(H,34,36)(H,35,37). The second-order valence-corrected chi connectivity index (χ2v) is 9.84. The Labute approximate surface area is 234 Å². The largest absolute Gasteiger partial charge is 0.495 e. The molecule has 0 aromatic heterocycles. The summed E-state index contributed by atoms with van der Waals surface area (Å²) in [7, 11) is 1.49. The molecule has 2 amide bonds. The molecule has 10 heteroatoms. The molecule has 39 heavy (non-hydrogen) atoms. The van der Waals surface area contributed by atoms with E-state index in [1.807, 2.05) is 0 Å². The van der Waals surface area contributed by atoms with Crippen molar-refractivity contribution in [2.45, 2.75) is 12.8 Å². The Balaban J connectivity index is 1.66. The number of carbonyl (C=O) groups excluding carboxylic acids is 2. The molecule has 1 atom stereocenters. The lowest BCUT2D eigenvalue weighted by Crippen LogP contribution is -2.31. The number of allylic oxidation sites excluding steroid dienone is 2. The number of rotatable bonds is 8. The van der Waals surface area contributed by atoms with Crippen molar-refractivity contribution in [3.63, 3.8) is 0 Å². The van der Waals surface area contributed by atoms with Gasteiger partial charge in [-0.1, -0.05) is 65.8 Å². The molecule has 3 aromatic carbocycles. The number of anilines is 2. The van der Waals surface area contributed by atoms with Crippen molar-refractivity contribution in [2.24, 2.45) is 0 Å². The molecule has 0 saturated heterocycles. The predicted molar refractivity (Wildman–Crippen MR) is 152 cm³/mol. The Morgan fingerprint density at radius 1 is 1.05 bits per heavy atom. The highest BCUT2D eigenvalue weighted by Gasteiger charge is 2.36. The molecule has 0 radical (unpaired) electrons. The van der Waals surface area contributed by atoms with Crippen molar-refractivity contribution in [1.29, 1.82) is 5.26 Å². The average molecular weight is 563 g/mol. The number of methoxy groups -OCH3 is 1. The lowest BCUT2D eigenvalue weighted by atomic mass is 9.82. The van der Waals surface area contributed by atoms with E-state index in [-0.39, 0.29) is 28.4 Å². The van der Waals surface area contributed by atoms with Gasteiger partial charge in [0.25, 0.3) is 5.91 Å². The fourth-order valence-electron chi connectivity index (χ4n) is 4.17. The Morgan fingerprint density at radius 3 is 2.41 bits per heavy atom. The Morgan fingerprint density at radius 2 is 1.72 bits per heavy atom. The van der Waals surface area contributed by atoms with E-state index >= 15 is 4.39 Å². The molecule has 3 N–H and O–H groups in total. The highest BCUT2D eigenvalue weighted by atomic mass is 35.5. The molecular weight excluding hydrogens is 539 g/mol. The molecule has 198 valence electrons. The maximum Gasteiger partial charge on any atom is 0.254 e. The van der Waals surface area contributed by atoms with Crippen molar-refractivity contribution in [3.05, 3.63) is 111 Å². The second-order valence-electron chi connectivity index (χ2n) is 8.44. The van der Waals surface area contributed by atoms with Crippen LogP contribution in [0, 0.1) is 17.1 Å². The van der Waals surface area contributed by atoms with E-state index in [1.54, 1.807) is 67.6 Å². The third-order valence-electron chi connectivity index (χ3n) is 5.96. The minimum Gasteiger partial charge on any atom is -0.495 e. The van der Waals surface area contributed by atoms with Crippen molar-refractivity contribution in [2.75, 3.05) is 23.5 Å². The van der Waals surface area contributed by atoms with Crippen LogP contribution in [-0.4, -0.2) is 24.7 Å². The molecule has 0 bridgehead atoms. The van der Waals surface area contributed by atoms with E-state index in [4.69, 9.17) is 16.3 Å². The first kappa shape index (κ1) is 27.8. The molecule has 1 aliphatic heterocycles. The zero-order valence-corrected chi connectivity index (χ0v) is 22.6. The number of ether oxygens (including phenoxy) is 1. The van der Waals surface area contributed by atoms with Crippen LogP contribution in [0.1, 0.15) is 18.4 Å². The summed E-state index contributed by atoms with van der Waals surface area (Å²) < 4.78 is 20.4. The fraction of sp³-hybridized carbons (Fsp3) is 0.138. The van der Waals surface area contributed by atoms with Gasteiger partial charge in [-0.15, -0.1) is 0 Å². The SMILES string of the molecule is COc1ccccc1NC(=O)C1=C(C)NC(SCC(=O)Nc2ccccc2Cl)=C(C#N)C1c1ccccc1F. The number of hydrogen-bond acceptors (Lipinski definition) is 6. The van der Waals surface area contributed by atoms with Crippen LogP contribution in [0.4, 0.5) is 15.8 Å². The minimum atomic E-state index is -1.01. The van der Waals surface area contributed by atoms with Gasteiger partial charge in [-0.05, 0) is 37.3 Å². The van der Waals surface area contributed by atoms with Crippen LogP contribution in [0.3, 0.4) is 0 Å². The normalized spacial score (nSPS) is 14.8. The number of dihydropyridines is 1. The van der Waals surface area contributed by atoms with Gasteiger partial charge in [0.2, 0.25) is 5.91 Å². The lowest BCUT2D eigenvalue weighted by molar-refractivity contribution is -0.114. The van der Waals surface area contributed by atoms with Crippen LogP contribution < -0.4 is 20.7 Å². The van der Waals surface area contributed by atoms with Crippen LogP contribution in [0.15, 0.2) is 94.7 Å². The molecular formula is C29H24ClFN4O3S. The van der Waals surface area contributed by atoms with Crippen LogP contribution in [0.5, 0.6) is 5.75 Å². The van der Waals surface area contributed by atoms with E-state index < -0.39 is 17.6 Å². The maximum atomic E-state index is 15.1. The summed E-state index contributed by atoms with van der Waals surface area (Å²) in [6.07, 6.45) is 0. The van der Waals surface area contributed by atoms with Crippen molar-refractivity contribution < 1.29 is 18.7 Å². The highest BCUT2D eigenvalue weighted by Crippen LogP contribution is 2.42. The van der Waals surface area contributed by atoms with Gasteiger partial charge in [0.1, 0.15) is 11.6 Å². The van der Waals surface area contributed by atoms with Crippen LogP contribution >= 0.6 is 23.4 Å². The number of carbonyl (C=O) groups is 2. The summed E-state index contributed by atoms with van der Waals surface area (Å²) in [6, 6.07) is 21.9. The third kappa shape index (κ3) is 6.25. The first-order valence-electron chi connectivity index (χ1n) is 11.8. The fourth-order valence-corrected chi connectivity index (χ4v) is 5.25. The van der Waals surface area contributed by atoms with Gasteiger partial charge < -0.3 is 20.7 Å². The summed E-state index contributed by atoms with van der Waals surface area (Å²) in [6.45, 7) is 1.67. The molecule has 1 unspecified atom stereocenters. The van der Waals surface area contributed by atoms with E-state index in [2.05, 4.69) is 22.0 Å². The number of para-hydroxylation sites is 3. The van der Waals surface area contributed by atoms with Gasteiger partial charge >= 0.3 is 0 Å². The van der Waals surface area contributed by atoms with E-state index in [0.717, 1.165) is 11.8 Å². The number of halogens is 2. The number of thioether (sulfide) groups is 1. The molecule has 0 aliphatic carbocycles. The minimum absolute atomic E-state index is 0.0568. The summed E-state index contributed by atoms with van der Waals surface area (Å²) >= 11 is 7.21. The summed E-state index contributed by atoms with van der Waals surface area (Å²) in [5.74, 6) is -2.05. The monoisotopic (exact) mass is 562 g/mol. The van der Waals surface area contributed by atoms with Crippen molar-refractivity contribution in [1.82, 2.24) is 5.32 Å². The summed E-state index contributed by atoms with van der Waals surface area (Å²) in [5, 5.41) is 19.6. The average Bonchev–Trinajstić information content (AvgIpc) is 2.93. The number of nitriles is 1. The van der Waals surface area contributed by atoms with Crippen LogP contribution in [0.2, 0.25) is 5.02 Å². The van der Waals surface area contributed by atoms with Gasteiger partial charge in [-0.25, -0.2) is 4.39 Å². The van der Waals surface area contributed by atoms with Gasteiger partial charge in [-0.3, -0.25) is 9.59 Å². The van der Waals surface area contributed by atoms with Gasteiger partial charge in [-0.2, -0.15) is 5.26 Å². The topological polar surface area (TPSA) is 103 Å². The maximum absolute atomic E-state index is 15.1. The molecule has 0 fully saturated rings. The smallest absolute Gasteiger partial charge is 0.254 e. The third-order valence-corrected chi connectivity index (χ3v) is 7.31. The summed E-state index contributed by atoms with van der Waals surface area (Å²) in [4.78, 5) is 26.3. The zero-order chi connectivity index (χ0) is 27.9. The van der Waals surface area contributed by atoms with Gasteiger partial charge in [0.15, 0.2) is 0 Å². The summed E-state index contributed by atoms with van der Waals surface area (Å²) in [5.41, 5.74) is 1.77. The number of benzene rings is 3. The van der Waals surface area contributed by atoms with E-state index in [0.29, 0.717) is 32.9 Å². The van der Waals surface area contributed by atoms with Crippen LogP contribution in [-0.2, 0) is 9.59 Å². The van der Waals surface area contributed by atoms with Crippen molar-refractivity contribution >= 4 is 46.6 Å². The second kappa shape index (κ2) is 12.5. The predicted octanol–water partition coefficient (Wildman–Crippen LogP) is 6.19. The number of hydrogen-bond donors (Lipinski definition) is 3. The molecule has 7 nitrogen and oxygen atoms in total. The van der Waals surface area contributed by atoms with E-state index in [1.165, 1.54) is 19.2 Å². The number of nitrogens with zero attached hydrogens (tertiary/aromatic N) is 1. The molecule has 4 rings (SSSR count). The molecule has 1 aliphatic rings. The van der Waals surface area contributed by atoms with E-state index in [9.17, 15) is 14.9 Å². The van der Waals surface area contributed by atoms with Crippen molar-refractivity contribution in [3.8, 4) is 11.8 Å². The molecule has 0 spiro atoms. The van der Waals surface area contributed by atoms with Gasteiger partial charge in [0.05, 0.1) is 51.8 Å². The first-order valence-corrected chi connectivity index (χ1v) is 13.2. The number of nitrogens with one attached hydrogen (secondary N) is 3. The molecule has 0 saturated carbocycles. The highest BCUT2D eigenvalue weighted by molar-refractivity contribution is 8.03. The molecule has 1 heterocycles. The molecule has 3 aromatic rings.